The smallest absolute Gasteiger partial charge is 0.236 e. The van der Waals surface area contributed by atoms with E-state index < -0.39 is 0 Å². The molecule has 168 valence electrons. The van der Waals surface area contributed by atoms with Gasteiger partial charge in [-0.1, -0.05) is 6.08 Å². The molecule has 0 aliphatic carbocycles. The van der Waals surface area contributed by atoms with Crippen molar-refractivity contribution in [2.75, 3.05) is 39.8 Å². The number of hydrogen-bond acceptors (Lipinski definition) is 5. The van der Waals surface area contributed by atoms with Gasteiger partial charge in [0.2, 0.25) is 5.91 Å². The highest BCUT2D eigenvalue weighted by Crippen LogP contribution is 2.36. The van der Waals surface area contributed by atoms with Gasteiger partial charge in [-0.25, -0.2) is 9.37 Å². The Bertz CT molecular complexity index is 1290. The SMILES string of the molecule is COc1ccc(F)cc1-c1ccnc2[nH]c(C3=CCN(CC(=O)N4CC(C#N)C4)CC3)cc12. The molecule has 0 saturated carbocycles. The van der Waals surface area contributed by atoms with E-state index in [9.17, 15) is 9.18 Å². The molecule has 5 rings (SSSR count). The van der Waals surface area contributed by atoms with Gasteiger partial charge in [0.1, 0.15) is 17.2 Å². The first-order chi connectivity index (χ1) is 16.1. The van der Waals surface area contributed by atoms with Gasteiger partial charge in [0, 0.05) is 49.0 Å². The average Bonchev–Trinajstić information content (AvgIpc) is 3.23. The summed E-state index contributed by atoms with van der Waals surface area (Å²) in [6, 6.07) is 10.6. The minimum Gasteiger partial charge on any atom is -0.496 e. The van der Waals surface area contributed by atoms with Crippen LogP contribution in [-0.4, -0.2) is 65.5 Å². The highest BCUT2D eigenvalue weighted by molar-refractivity contribution is 5.96. The van der Waals surface area contributed by atoms with Gasteiger partial charge in [-0.3, -0.25) is 9.69 Å². The van der Waals surface area contributed by atoms with Crippen LogP contribution in [-0.2, 0) is 4.79 Å². The lowest BCUT2D eigenvalue weighted by atomic mass is 10.0. The van der Waals surface area contributed by atoms with Crippen LogP contribution in [0.1, 0.15) is 12.1 Å². The van der Waals surface area contributed by atoms with Gasteiger partial charge in [-0.15, -0.1) is 0 Å². The lowest BCUT2D eigenvalue weighted by Crippen LogP contribution is -2.52. The molecule has 2 aliphatic rings. The van der Waals surface area contributed by atoms with Crippen LogP contribution in [0.4, 0.5) is 4.39 Å². The Morgan fingerprint density at radius 2 is 2.15 bits per heavy atom. The molecule has 0 atom stereocenters. The van der Waals surface area contributed by atoms with Crippen molar-refractivity contribution < 1.29 is 13.9 Å². The number of ether oxygens (including phenoxy) is 1. The molecule has 0 unspecified atom stereocenters. The molecule has 0 radical (unpaired) electrons. The van der Waals surface area contributed by atoms with Crippen molar-refractivity contribution in [2.24, 2.45) is 5.92 Å². The zero-order valence-corrected chi connectivity index (χ0v) is 18.3. The predicted molar refractivity (Wildman–Crippen MR) is 123 cm³/mol. The highest BCUT2D eigenvalue weighted by atomic mass is 19.1. The van der Waals surface area contributed by atoms with E-state index in [4.69, 9.17) is 10.00 Å². The van der Waals surface area contributed by atoms with Crippen molar-refractivity contribution in [3.8, 4) is 22.9 Å². The molecule has 1 aromatic carbocycles. The van der Waals surface area contributed by atoms with Crippen molar-refractivity contribution >= 4 is 22.5 Å². The Hall–Kier alpha value is -3.70. The van der Waals surface area contributed by atoms with Crippen molar-refractivity contribution in [2.45, 2.75) is 6.42 Å². The summed E-state index contributed by atoms with van der Waals surface area (Å²) >= 11 is 0. The second-order valence-corrected chi connectivity index (χ2v) is 8.49. The van der Waals surface area contributed by atoms with Crippen LogP contribution >= 0.6 is 0 Å². The van der Waals surface area contributed by atoms with E-state index in [1.165, 1.54) is 17.7 Å². The third-order valence-electron chi connectivity index (χ3n) is 6.40. The number of likely N-dealkylation sites (tertiary alicyclic amines) is 1. The average molecular weight is 445 g/mol. The fourth-order valence-electron chi connectivity index (χ4n) is 4.48. The number of aromatic nitrogens is 2. The second-order valence-electron chi connectivity index (χ2n) is 8.49. The number of pyridine rings is 1. The fraction of sp³-hybridized carbons (Fsp3) is 0.320. The maximum atomic E-state index is 14.0. The molecule has 0 spiro atoms. The Morgan fingerprint density at radius 1 is 1.30 bits per heavy atom. The standard InChI is InChI=1S/C25H24FN5O2/c1-33-23-3-2-18(26)10-20(23)19-4-7-28-25-21(19)11-22(29-25)17-5-8-30(9-6-17)15-24(32)31-13-16(12-27)14-31/h2-5,7,10-11,16H,6,8-9,13-15H2,1H3,(H,28,29). The van der Waals surface area contributed by atoms with Crippen molar-refractivity contribution in [1.82, 2.24) is 19.8 Å². The molecule has 33 heavy (non-hydrogen) atoms. The molecule has 0 bridgehead atoms. The molecule has 3 aromatic rings. The number of nitriles is 1. The van der Waals surface area contributed by atoms with Crippen LogP contribution in [0.5, 0.6) is 5.75 Å². The van der Waals surface area contributed by atoms with Crippen LogP contribution in [0.15, 0.2) is 42.6 Å². The number of halogens is 1. The number of benzene rings is 1. The monoisotopic (exact) mass is 445 g/mol. The summed E-state index contributed by atoms with van der Waals surface area (Å²) in [6.07, 6.45) is 4.65. The summed E-state index contributed by atoms with van der Waals surface area (Å²) in [5.74, 6) is 0.348. The zero-order chi connectivity index (χ0) is 22.9. The Labute approximate surface area is 191 Å². The maximum absolute atomic E-state index is 14.0. The largest absolute Gasteiger partial charge is 0.496 e. The van der Waals surface area contributed by atoms with Gasteiger partial charge in [-0.2, -0.15) is 5.26 Å². The van der Waals surface area contributed by atoms with Crippen molar-refractivity contribution in [3.05, 3.63) is 54.1 Å². The molecule has 2 aromatic heterocycles. The minimum atomic E-state index is -0.322. The van der Waals surface area contributed by atoms with Gasteiger partial charge < -0.3 is 14.6 Å². The lowest BCUT2D eigenvalue weighted by molar-refractivity contribution is -0.137. The molecule has 1 N–H and O–H groups in total. The summed E-state index contributed by atoms with van der Waals surface area (Å²) in [5, 5.41) is 9.78. The van der Waals surface area contributed by atoms with E-state index in [0.29, 0.717) is 37.5 Å². The van der Waals surface area contributed by atoms with E-state index in [1.54, 1.807) is 24.3 Å². The molecular weight excluding hydrogens is 421 g/mol. The molecular formula is C25H24FN5O2. The topological polar surface area (TPSA) is 85.2 Å². The molecule has 1 amide bonds. The first kappa shape index (κ1) is 21.2. The van der Waals surface area contributed by atoms with E-state index in [-0.39, 0.29) is 17.6 Å². The van der Waals surface area contributed by atoms with Gasteiger partial charge in [0.15, 0.2) is 0 Å². The third kappa shape index (κ3) is 4.08. The van der Waals surface area contributed by atoms with E-state index in [1.807, 2.05) is 6.07 Å². The van der Waals surface area contributed by atoms with E-state index >= 15 is 0 Å². The van der Waals surface area contributed by atoms with Crippen molar-refractivity contribution in [1.29, 1.82) is 5.26 Å². The number of aromatic amines is 1. The number of fused-ring (bicyclic) bond motifs is 1. The molecule has 1 saturated heterocycles. The molecule has 7 nitrogen and oxygen atoms in total. The Kier molecular flexibility index (Phi) is 5.56. The third-order valence-corrected chi connectivity index (χ3v) is 6.40. The number of nitrogens with one attached hydrogen (secondary N) is 1. The number of rotatable bonds is 5. The van der Waals surface area contributed by atoms with Crippen LogP contribution in [0.25, 0.3) is 27.7 Å². The summed E-state index contributed by atoms with van der Waals surface area (Å²) in [7, 11) is 1.57. The minimum absolute atomic E-state index is 0.0188. The highest BCUT2D eigenvalue weighted by Gasteiger charge is 2.31. The van der Waals surface area contributed by atoms with E-state index in [2.05, 4.69) is 33.1 Å². The van der Waals surface area contributed by atoms with Crippen molar-refractivity contribution in [3.63, 3.8) is 0 Å². The number of hydrogen-bond donors (Lipinski definition) is 1. The number of methoxy groups -OCH3 is 1. The Morgan fingerprint density at radius 3 is 2.88 bits per heavy atom. The second kappa shape index (κ2) is 8.68. The summed E-state index contributed by atoms with van der Waals surface area (Å²) in [5.41, 5.74) is 4.42. The zero-order valence-electron chi connectivity index (χ0n) is 18.3. The molecule has 4 heterocycles. The van der Waals surface area contributed by atoms with Crippen LogP contribution in [0.2, 0.25) is 0 Å². The van der Waals surface area contributed by atoms with Crippen LogP contribution in [0, 0.1) is 23.1 Å². The molecule has 2 aliphatic heterocycles. The lowest BCUT2D eigenvalue weighted by Gasteiger charge is -2.37. The predicted octanol–water partition coefficient (Wildman–Crippen LogP) is 3.45. The van der Waals surface area contributed by atoms with Gasteiger partial charge in [-0.05, 0) is 47.9 Å². The number of amides is 1. The summed E-state index contributed by atoms with van der Waals surface area (Å²) < 4.78 is 19.4. The van der Waals surface area contributed by atoms with Gasteiger partial charge in [0.25, 0.3) is 0 Å². The normalized spacial score (nSPS) is 16.9. The number of carbonyl (C=O) groups excluding carboxylic acids is 1. The van der Waals surface area contributed by atoms with E-state index in [0.717, 1.165) is 35.3 Å². The van der Waals surface area contributed by atoms with Gasteiger partial charge >= 0.3 is 0 Å². The molecule has 8 heteroatoms. The first-order valence-corrected chi connectivity index (χ1v) is 11.0. The summed E-state index contributed by atoms with van der Waals surface area (Å²) in [6.45, 7) is 2.93. The summed E-state index contributed by atoms with van der Waals surface area (Å²) in [4.78, 5) is 24.1. The number of H-pyrrole nitrogens is 1. The Balaban J connectivity index is 1.34. The fourth-order valence-corrected chi connectivity index (χ4v) is 4.48. The number of nitrogens with zero attached hydrogens (tertiary/aromatic N) is 4. The van der Waals surface area contributed by atoms with Gasteiger partial charge in [0.05, 0.1) is 25.6 Å². The maximum Gasteiger partial charge on any atom is 0.236 e. The first-order valence-electron chi connectivity index (χ1n) is 11.0. The van der Waals surface area contributed by atoms with Crippen LogP contribution in [0.3, 0.4) is 0 Å². The molecule has 1 fully saturated rings. The number of carbonyl (C=O) groups is 1. The van der Waals surface area contributed by atoms with Crippen LogP contribution < -0.4 is 4.74 Å². The quantitative estimate of drug-likeness (QED) is 0.650.